The maximum absolute atomic E-state index is 13.8. The standard InChI is InChI=1S/2C21H17BrFNO3/c2*22-12-17-7-6-16(10-19(17)23)20(25)13-24-9-8-18(11-21(24)26)27-14-15-4-2-1-3-5-15/h2*1-11H,12-14H2. The fourth-order valence-electron chi connectivity index (χ4n) is 5.05. The molecule has 0 saturated heterocycles. The molecule has 0 N–H and O–H groups in total. The molecule has 0 amide bonds. The van der Waals surface area contributed by atoms with Crippen LogP contribution in [-0.2, 0) is 37.0 Å². The Kier molecular flexibility index (Phi) is 14.4. The third kappa shape index (κ3) is 11.3. The molecule has 276 valence electrons. The van der Waals surface area contributed by atoms with E-state index in [-0.39, 0.29) is 46.9 Å². The van der Waals surface area contributed by atoms with Crippen LogP contribution in [0.1, 0.15) is 43.0 Å². The number of carbonyl (C=O) groups is 2. The number of ether oxygens (including phenoxy) is 2. The molecule has 4 aromatic carbocycles. The van der Waals surface area contributed by atoms with Gasteiger partial charge >= 0.3 is 0 Å². The van der Waals surface area contributed by atoms with Gasteiger partial charge in [-0.3, -0.25) is 19.2 Å². The molecular weight excluding hydrogens is 826 g/mol. The van der Waals surface area contributed by atoms with Gasteiger partial charge in [-0.15, -0.1) is 0 Å². The number of halogens is 4. The molecule has 0 aliphatic rings. The van der Waals surface area contributed by atoms with Crippen molar-refractivity contribution in [3.8, 4) is 11.5 Å². The number of hydrogen-bond acceptors (Lipinski definition) is 6. The van der Waals surface area contributed by atoms with Crippen LogP contribution in [0.2, 0.25) is 0 Å². The summed E-state index contributed by atoms with van der Waals surface area (Å²) in [6.45, 7) is 0.376. The summed E-state index contributed by atoms with van der Waals surface area (Å²) < 4.78 is 41.4. The van der Waals surface area contributed by atoms with Crippen molar-refractivity contribution in [1.29, 1.82) is 0 Å². The Balaban J connectivity index is 0.000000208. The molecule has 0 radical (unpaired) electrons. The van der Waals surface area contributed by atoms with E-state index in [4.69, 9.17) is 9.47 Å². The minimum atomic E-state index is -0.449. The Bertz CT molecular complexity index is 2170. The Hall–Kier alpha value is -5.46. The number of benzene rings is 4. The number of ketones is 2. The summed E-state index contributed by atoms with van der Waals surface area (Å²) in [5, 5.41) is 0.744. The first-order valence-corrected chi connectivity index (χ1v) is 18.9. The third-order valence-electron chi connectivity index (χ3n) is 8.10. The Morgan fingerprint density at radius 1 is 0.537 bits per heavy atom. The van der Waals surface area contributed by atoms with Crippen molar-refractivity contribution >= 4 is 43.4 Å². The molecule has 12 heteroatoms. The zero-order valence-corrected chi connectivity index (χ0v) is 32.0. The molecule has 0 fully saturated rings. The van der Waals surface area contributed by atoms with Crippen molar-refractivity contribution < 1.29 is 27.8 Å². The minimum absolute atomic E-state index is 0.162. The van der Waals surface area contributed by atoms with E-state index in [1.54, 1.807) is 36.4 Å². The van der Waals surface area contributed by atoms with Gasteiger partial charge in [0.05, 0.1) is 13.1 Å². The summed E-state index contributed by atoms with van der Waals surface area (Å²) in [6.07, 6.45) is 3.01. The monoisotopic (exact) mass is 858 g/mol. The van der Waals surface area contributed by atoms with Crippen molar-refractivity contribution in [2.45, 2.75) is 37.0 Å². The van der Waals surface area contributed by atoms with E-state index >= 15 is 0 Å². The van der Waals surface area contributed by atoms with E-state index in [1.807, 2.05) is 60.7 Å². The normalized spacial score (nSPS) is 10.6. The fourth-order valence-corrected chi connectivity index (χ4v) is 5.96. The van der Waals surface area contributed by atoms with Crippen LogP contribution >= 0.6 is 31.9 Å². The fraction of sp³-hybridized carbons (Fsp3) is 0.143. The summed E-state index contributed by atoms with van der Waals surface area (Å²) in [5.74, 6) is -0.713. The predicted molar refractivity (Wildman–Crippen MR) is 210 cm³/mol. The van der Waals surface area contributed by atoms with Crippen molar-refractivity contribution in [2.75, 3.05) is 0 Å². The minimum Gasteiger partial charge on any atom is -0.489 e. The molecule has 0 saturated carbocycles. The average Bonchev–Trinajstić information content (AvgIpc) is 3.19. The number of Topliss-reactive ketones (excluding diaryl/α,β-unsaturated/α-hetero) is 2. The molecule has 2 heterocycles. The number of hydrogen-bond donors (Lipinski definition) is 0. The molecule has 0 unspecified atom stereocenters. The Morgan fingerprint density at radius 3 is 1.26 bits per heavy atom. The lowest BCUT2D eigenvalue weighted by Gasteiger charge is -2.09. The van der Waals surface area contributed by atoms with Gasteiger partial charge in [0.2, 0.25) is 0 Å². The van der Waals surface area contributed by atoms with Crippen molar-refractivity contribution in [3.63, 3.8) is 0 Å². The van der Waals surface area contributed by atoms with E-state index in [2.05, 4.69) is 31.9 Å². The SMILES string of the molecule is O=C(Cn1ccc(OCc2ccccc2)cc1=O)c1ccc(CBr)c(F)c1.O=C(Cn1ccc(OCc2ccccc2)cc1=O)c1ccc(CBr)c(F)c1. The smallest absolute Gasteiger partial charge is 0.254 e. The van der Waals surface area contributed by atoms with Crippen LogP contribution < -0.4 is 20.6 Å². The second kappa shape index (κ2) is 19.6. The molecular formula is C42H34Br2F2N2O6. The number of rotatable bonds is 14. The van der Waals surface area contributed by atoms with Gasteiger partial charge in [-0.25, -0.2) is 8.78 Å². The van der Waals surface area contributed by atoms with Crippen molar-refractivity contribution in [2.24, 2.45) is 0 Å². The quantitative estimate of drug-likeness (QED) is 0.0804. The second-order valence-corrected chi connectivity index (χ2v) is 13.1. The van der Waals surface area contributed by atoms with E-state index < -0.39 is 11.6 Å². The summed E-state index contributed by atoms with van der Waals surface area (Å²) >= 11 is 6.37. The molecule has 0 aliphatic carbocycles. The number of alkyl halides is 2. The van der Waals surface area contributed by atoms with Crippen LogP contribution in [0.25, 0.3) is 0 Å². The first-order chi connectivity index (χ1) is 26.1. The maximum Gasteiger partial charge on any atom is 0.254 e. The highest BCUT2D eigenvalue weighted by atomic mass is 79.9. The van der Waals surface area contributed by atoms with Gasteiger partial charge in [0.25, 0.3) is 11.1 Å². The zero-order valence-electron chi connectivity index (χ0n) is 28.8. The topological polar surface area (TPSA) is 96.6 Å². The summed E-state index contributed by atoms with van der Waals surface area (Å²) in [5.41, 5.74) is 2.68. The highest BCUT2D eigenvalue weighted by molar-refractivity contribution is 9.08. The zero-order chi connectivity index (χ0) is 38.5. The van der Waals surface area contributed by atoms with Gasteiger partial charge in [-0.05, 0) is 46.5 Å². The average molecular weight is 861 g/mol. The molecule has 0 aliphatic heterocycles. The first kappa shape index (κ1) is 39.7. The van der Waals surface area contributed by atoms with Gasteiger partial charge in [0, 0.05) is 46.3 Å². The Labute approximate surface area is 326 Å². The van der Waals surface area contributed by atoms with Crippen LogP contribution in [-0.4, -0.2) is 20.7 Å². The lowest BCUT2D eigenvalue weighted by molar-refractivity contribution is 0.0962. The van der Waals surface area contributed by atoms with E-state index in [0.717, 1.165) is 11.1 Å². The predicted octanol–water partition coefficient (Wildman–Crippen LogP) is 8.69. The number of pyridine rings is 2. The van der Waals surface area contributed by atoms with Crippen molar-refractivity contribution in [3.05, 3.63) is 199 Å². The number of aromatic nitrogens is 2. The lowest BCUT2D eigenvalue weighted by atomic mass is 10.1. The second-order valence-electron chi connectivity index (χ2n) is 11.9. The number of carbonyl (C=O) groups excluding carboxylic acids is 2. The summed E-state index contributed by atoms with van der Waals surface area (Å²) in [7, 11) is 0. The molecule has 0 atom stereocenters. The van der Waals surface area contributed by atoms with Crippen molar-refractivity contribution in [1.82, 2.24) is 9.13 Å². The largest absolute Gasteiger partial charge is 0.489 e. The third-order valence-corrected chi connectivity index (χ3v) is 9.31. The van der Waals surface area contributed by atoms with Crippen LogP contribution in [0.15, 0.2) is 143 Å². The van der Waals surface area contributed by atoms with Crippen LogP contribution in [0.3, 0.4) is 0 Å². The highest BCUT2D eigenvalue weighted by Gasteiger charge is 2.13. The highest BCUT2D eigenvalue weighted by Crippen LogP contribution is 2.17. The van der Waals surface area contributed by atoms with Crippen LogP contribution in [0.4, 0.5) is 8.78 Å². The molecule has 6 rings (SSSR count). The van der Waals surface area contributed by atoms with Gasteiger partial charge in [0.1, 0.15) is 36.3 Å². The Morgan fingerprint density at radius 2 is 0.926 bits per heavy atom. The van der Waals surface area contributed by atoms with Crippen LogP contribution in [0, 0.1) is 11.6 Å². The molecule has 8 nitrogen and oxygen atoms in total. The maximum atomic E-state index is 13.8. The van der Waals surface area contributed by atoms with E-state index in [0.29, 0.717) is 46.5 Å². The van der Waals surface area contributed by atoms with Gasteiger partial charge in [0.15, 0.2) is 11.6 Å². The van der Waals surface area contributed by atoms with E-state index in [1.165, 1.54) is 45.8 Å². The molecule has 54 heavy (non-hydrogen) atoms. The molecule has 6 aromatic rings. The lowest BCUT2D eigenvalue weighted by Crippen LogP contribution is -2.23. The molecule has 2 aromatic heterocycles. The van der Waals surface area contributed by atoms with Gasteiger partial charge in [-0.2, -0.15) is 0 Å². The first-order valence-electron chi connectivity index (χ1n) is 16.6. The number of nitrogens with zero attached hydrogens (tertiary/aromatic N) is 2. The van der Waals surface area contributed by atoms with E-state index in [9.17, 15) is 28.0 Å². The summed E-state index contributed by atoms with van der Waals surface area (Å²) in [4.78, 5) is 49.2. The van der Waals surface area contributed by atoms with Gasteiger partial charge in [-0.1, -0.05) is 117 Å². The molecule has 0 spiro atoms. The summed E-state index contributed by atoms with van der Waals surface area (Å²) in [6, 6.07) is 33.8. The van der Waals surface area contributed by atoms with Gasteiger partial charge < -0.3 is 18.6 Å². The molecule has 0 bridgehead atoms. The van der Waals surface area contributed by atoms with Crippen LogP contribution in [0.5, 0.6) is 11.5 Å².